The van der Waals surface area contributed by atoms with Crippen molar-refractivity contribution in [2.45, 2.75) is 18.6 Å². The first-order chi connectivity index (χ1) is 10.3. The monoisotopic (exact) mass is 333 g/mol. The predicted octanol–water partition coefficient (Wildman–Crippen LogP) is 3.27. The Bertz CT molecular complexity index is 867. The largest absolute Gasteiger partial charge is 0.511 e. The van der Waals surface area contributed by atoms with Crippen LogP contribution in [0, 0.1) is 11.6 Å². The van der Waals surface area contributed by atoms with Crippen LogP contribution in [0.15, 0.2) is 17.1 Å². The predicted molar refractivity (Wildman–Crippen MR) is 70.3 cm³/mol. The lowest BCUT2D eigenvalue weighted by Crippen LogP contribution is -2.17. The molecule has 1 aromatic carbocycles. The maximum atomic E-state index is 13.6. The molecule has 1 aliphatic carbocycles. The van der Waals surface area contributed by atoms with Crippen molar-refractivity contribution in [3.63, 3.8) is 0 Å². The SMILES string of the molecule is O=C(O)Oc1cn(C2CC2F)c2c(Cl)c(F)c(F)cc2c1=O. The lowest BCUT2D eigenvalue weighted by atomic mass is 10.1. The van der Waals surface area contributed by atoms with Gasteiger partial charge in [-0.1, -0.05) is 11.6 Å². The van der Waals surface area contributed by atoms with Crippen molar-refractivity contribution in [1.82, 2.24) is 4.57 Å². The Hall–Kier alpha value is -2.22. The molecule has 1 saturated carbocycles. The summed E-state index contributed by atoms with van der Waals surface area (Å²) in [7, 11) is 0. The standard InChI is InChI=1S/C13H7ClF3NO4/c14-9-10(17)6(16)1-4-11(9)18(7-2-5(7)15)3-8(12(4)19)22-13(20)21/h1,3,5,7H,2H2,(H,20,21). The molecule has 0 spiro atoms. The number of rotatable bonds is 2. The molecule has 3 rings (SSSR count). The zero-order valence-electron chi connectivity index (χ0n) is 10.6. The summed E-state index contributed by atoms with van der Waals surface area (Å²) in [6.07, 6.45) is -2.00. The highest BCUT2D eigenvalue weighted by atomic mass is 35.5. The third-order valence-electron chi connectivity index (χ3n) is 3.36. The highest BCUT2D eigenvalue weighted by Gasteiger charge is 2.40. The number of carboxylic acid groups (broad SMARTS) is 1. The number of alkyl halides is 1. The second kappa shape index (κ2) is 4.91. The van der Waals surface area contributed by atoms with Crippen LogP contribution in [0.5, 0.6) is 5.75 Å². The molecular weight excluding hydrogens is 327 g/mol. The van der Waals surface area contributed by atoms with Crippen molar-refractivity contribution < 1.29 is 27.8 Å². The summed E-state index contributed by atoms with van der Waals surface area (Å²) < 4.78 is 45.8. The average Bonchev–Trinajstić information content (AvgIpc) is 3.16. The Morgan fingerprint density at radius 1 is 1.45 bits per heavy atom. The van der Waals surface area contributed by atoms with Gasteiger partial charge in [0.2, 0.25) is 5.43 Å². The van der Waals surface area contributed by atoms with Crippen LogP contribution in [-0.2, 0) is 0 Å². The minimum Gasteiger partial charge on any atom is -0.449 e. The van der Waals surface area contributed by atoms with Crippen molar-refractivity contribution in [3.8, 4) is 5.75 Å². The lowest BCUT2D eigenvalue weighted by molar-refractivity contribution is 0.143. The first kappa shape index (κ1) is 14.7. The van der Waals surface area contributed by atoms with E-state index >= 15 is 0 Å². The van der Waals surface area contributed by atoms with E-state index in [1.54, 1.807) is 0 Å². The molecule has 22 heavy (non-hydrogen) atoms. The second-order valence-electron chi connectivity index (χ2n) is 4.80. The van der Waals surface area contributed by atoms with Crippen molar-refractivity contribution in [2.24, 2.45) is 0 Å². The number of hydrogen-bond acceptors (Lipinski definition) is 3. The molecule has 2 atom stereocenters. The van der Waals surface area contributed by atoms with Crippen LogP contribution in [0.3, 0.4) is 0 Å². The molecule has 1 N–H and O–H groups in total. The van der Waals surface area contributed by atoms with Gasteiger partial charge in [0.1, 0.15) is 11.2 Å². The summed E-state index contributed by atoms with van der Waals surface area (Å²) >= 11 is 5.73. The van der Waals surface area contributed by atoms with Crippen molar-refractivity contribution >= 4 is 28.7 Å². The van der Waals surface area contributed by atoms with Crippen LogP contribution in [-0.4, -0.2) is 22.0 Å². The van der Waals surface area contributed by atoms with Gasteiger partial charge >= 0.3 is 6.16 Å². The molecule has 1 heterocycles. The lowest BCUT2D eigenvalue weighted by Gasteiger charge is -2.14. The highest BCUT2D eigenvalue weighted by molar-refractivity contribution is 6.35. The van der Waals surface area contributed by atoms with Gasteiger partial charge in [0, 0.05) is 6.42 Å². The van der Waals surface area contributed by atoms with Crippen molar-refractivity contribution in [2.75, 3.05) is 0 Å². The third-order valence-corrected chi connectivity index (χ3v) is 3.70. The summed E-state index contributed by atoms with van der Waals surface area (Å²) in [4.78, 5) is 22.7. The first-order valence-electron chi connectivity index (χ1n) is 6.08. The molecule has 5 nitrogen and oxygen atoms in total. The molecule has 1 aliphatic rings. The van der Waals surface area contributed by atoms with Gasteiger partial charge in [-0.3, -0.25) is 4.79 Å². The average molecular weight is 334 g/mol. The maximum Gasteiger partial charge on any atom is 0.511 e. The van der Waals surface area contributed by atoms with Crippen LogP contribution in [0.1, 0.15) is 12.5 Å². The van der Waals surface area contributed by atoms with Gasteiger partial charge in [0.05, 0.1) is 23.1 Å². The molecule has 2 unspecified atom stereocenters. The van der Waals surface area contributed by atoms with Crippen LogP contribution in [0.25, 0.3) is 10.9 Å². The van der Waals surface area contributed by atoms with E-state index in [9.17, 15) is 22.8 Å². The normalized spacial score (nSPS) is 20.2. The van der Waals surface area contributed by atoms with E-state index in [-0.39, 0.29) is 17.3 Å². The second-order valence-corrected chi connectivity index (χ2v) is 5.18. The first-order valence-corrected chi connectivity index (χ1v) is 6.46. The molecule has 9 heteroatoms. The Kier molecular flexibility index (Phi) is 3.28. The van der Waals surface area contributed by atoms with Gasteiger partial charge in [0.25, 0.3) is 0 Å². The zero-order chi connectivity index (χ0) is 16.2. The molecule has 0 bridgehead atoms. The molecular formula is C13H7ClF3NO4. The molecule has 1 aromatic heterocycles. The summed E-state index contributed by atoms with van der Waals surface area (Å²) in [6, 6.07) is -0.165. The Morgan fingerprint density at radius 2 is 2.09 bits per heavy atom. The number of nitrogens with zero attached hydrogens (tertiary/aromatic N) is 1. The molecule has 0 radical (unpaired) electrons. The highest BCUT2D eigenvalue weighted by Crippen LogP contribution is 2.42. The van der Waals surface area contributed by atoms with E-state index in [2.05, 4.69) is 4.74 Å². The van der Waals surface area contributed by atoms with E-state index in [1.807, 2.05) is 0 Å². The number of fused-ring (bicyclic) bond motifs is 1. The van der Waals surface area contributed by atoms with Gasteiger partial charge in [-0.05, 0) is 6.07 Å². The van der Waals surface area contributed by atoms with Gasteiger partial charge < -0.3 is 14.4 Å². The minimum absolute atomic E-state index is 0.0831. The summed E-state index contributed by atoms with van der Waals surface area (Å²) in [5.41, 5.74) is -1.18. The third kappa shape index (κ3) is 2.19. The number of ether oxygens (including phenoxy) is 1. The molecule has 0 saturated heterocycles. The molecule has 1 fully saturated rings. The number of halogens is 4. The summed E-state index contributed by atoms with van der Waals surface area (Å²) in [5.74, 6) is -3.38. The van der Waals surface area contributed by atoms with Crippen LogP contribution >= 0.6 is 11.6 Å². The Morgan fingerprint density at radius 3 is 2.64 bits per heavy atom. The quantitative estimate of drug-likeness (QED) is 0.676. The van der Waals surface area contributed by atoms with Crippen molar-refractivity contribution in [1.29, 1.82) is 0 Å². The van der Waals surface area contributed by atoms with E-state index in [4.69, 9.17) is 16.7 Å². The number of aromatic nitrogens is 1. The number of carbonyl (C=O) groups is 1. The van der Waals surface area contributed by atoms with E-state index in [0.29, 0.717) is 6.07 Å². The summed E-state index contributed by atoms with van der Waals surface area (Å²) in [5, 5.41) is 7.55. The van der Waals surface area contributed by atoms with E-state index in [0.717, 1.165) is 10.8 Å². The fourth-order valence-electron chi connectivity index (χ4n) is 2.26. The van der Waals surface area contributed by atoms with Crippen molar-refractivity contribution in [3.05, 3.63) is 39.1 Å². The topological polar surface area (TPSA) is 68.5 Å². The smallest absolute Gasteiger partial charge is 0.449 e. The molecule has 116 valence electrons. The number of pyridine rings is 1. The number of benzene rings is 1. The van der Waals surface area contributed by atoms with Gasteiger partial charge in [-0.15, -0.1) is 0 Å². The molecule has 0 amide bonds. The molecule has 2 aromatic rings. The molecule has 0 aliphatic heterocycles. The van der Waals surface area contributed by atoms with Crippen LogP contribution in [0.4, 0.5) is 18.0 Å². The number of hydrogen-bond donors (Lipinski definition) is 1. The van der Waals surface area contributed by atoms with Crippen LogP contribution in [0.2, 0.25) is 5.02 Å². The van der Waals surface area contributed by atoms with E-state index < -0.39 is 46.2 Å². The fourth-order valence-corrected chi connectivity index (χ4v) is 2.55. The Balaban J connectivity index is 2.39. The van der Waals surface area contributed by atoms with Gasteiger partial charge in [-0.2, -0.15) is 0 Å². The summed E-state index contributed by atoms with van der Waals surface area (Å²) in [6.45, 7) is 0. The van der Waals surface area contributed by atoms with Gasteiger partial charge in [0.15, 0.2) is 17.4 Å². The van der Waals surface area contributed by atoms with Gasteiger partial charge in [-0.25, -0.2) is 18.0 Å². The Labute approximate surface area is 125 Å². The van der Waals surface area contributed by atoms with Crippen LogP contribution < -0.4 is 10.2 Å². The van der Waals surface area contributed by atoms with E-state index in [1.165, 1.54) is 0 Å². The fraction of sp³-hybridized carbons (Fsp3) is 0.231. The minimum atomic E-state index is -1.76. The maximum absolute atomic E-state index is 13.6. The zero-order valence-corrected chi connectivity index (χ0v) is 11.4.